The van der Waals surface area contributed by atoms with Crippen molar-refractivity contribution >= 4 is 21.4 Å². The second-order valence-electron chi connectivity index (χ2n) is 5.48. The van der Waals surface area contributed by atoms with Crippen molar-refractivity contribution in [3.05, 3.63) is 22.4 Å². The Morgan fingerprint density at radius 3 is 2.55 bits per heavy atom. The molecule has 0 bridgehead atoms. The molecule has 1 atom stereocenters. The van der Waals surface area contributed by atoms with Crippen molar-refractivity contribution in [1.82, 2.24) is 9.21 Å². The van der Waals surface area contributed by atoms with Gasteiger partial charge in [-0.05, 0) is 24.3 Å². The molecular weight excluding hydrogens is 296 g/mol. The smallest absolute Gasteiger partial charge is 0.217 e. The van der Waals surface area contributed by atoms with Crippen LogP contribution < -0.4 is 0 Å². The summed E-state index contributed by atoms with van der Waals surface area (Å²) in [4.78, 5) is 3.11. The van der Waals surface area contributed by atoms with Gasteiger partial charge in [-0.2, -0.15) is 4.31 Å². The average molecular weight is 316 g/mol. The van der Waals surface area contributed by atoms with Crippen LogP contribution >= 0.6 is 11.3 Å². The molecule has 1 aromatic rings. The van der Waals surface area contributed by atoms with E-state index in [4.69, 9.17) is 0 Å². The molecular formula is C13H20N2O3S2. The van der Waals surface area contributed by atoms with Crippen molar-refractivity contribution in [1.29, 1.82) is 0 Å². The lowest BCUT2D eigenvalue weighted by atomic mass is 10.2. The summed E-state index contributed by atoms with van der Waals surface area (Å²) >= 11 is 1.55. The van der Waals surface area contributed by atoms with Crippen LogP contribution in [0.1, 0.15) is 23.8 Å². The van der Waals surface area contributed by atoms with Crippen LogP contribution in [0.25, 0.3) is 0 Å². The van der Waals surface area contributed by atoms with Gasteiger partial charge in [0.25, 0.3) is 0 Å². The minimum Gasteiger partial charge on any atom is -0.386 e. The minimum atomic E-state index is -3.04. The summed E-state index contributed by atoms with van der Waals surface area (Å²) in [5.41, 5.74) is 0. The summed E-state index contributed by atoms with van der Waals surface area (Å²) in [6.45, 7) is 3.09. The number of hydrogen-bond donors (Lipinski definition) is 1. The number of sulfonamides is 1. The van der Waals surface area contributed by atoms with Gasteiger partial charge in [0.15, 0.2) is 0 Å². The highest BCUT2D eigenvalue weighted by molar-refractivity contribution is 7.90. The van der Waals surface area contributed by atoms with Gasteiger partial charge in [0.1, 0.15) is 6.10 Å². The van der Waals surface area contributed by atoms with Crippen LogP contribution in [0.3, 0.4) is 0 Å². The van der Waals surface area contributed by atoms with E-state index in [9.17, 15) is 13.5 Å². The van der Waals surface area contributed by atoms with Gasteiger partial charge in [-0.25, -0.2) is 8.42 Å². The quantitative estimate of drug-likeness (QED) is 0.876. The highest BCUT2D eigenvalue weighted by Crippen LogP contribution is 2.31. The SMILES string of the molecule is O=S(=O)(C1CC1)N1CCN(CC(O)c2cccs2)CC1. The minimum absolute atomic E-state index is 0.120. The van der Waals surface area contributed by atoms with Crippen LogP contribution in [0.2, 0.25) is 0 Å². The molecule has 0 aromatic carbocycles. The molecule has 0 spiro atoms. The molecule has 2 aliphatic rings. The first-order chi connectivity index (χ1) is 9.57. The van der Waals surface area contributed by atoms with Crippen LogP contribution in [-0.4, -0.2) is 60.7 Å². The van der Waals surface area contributed by atoms with E-state index < -0.39 is 16.1 Å². The lowest BCUT2D eigenvalue weighted by Crippen LogP contribution is -2.50. The number of rotatable bonds is 5. The predicted molar refractivity (Wildman–Crippen MR) is 79.2 cm³/mol. The Labute approximate surface area is 123 Å². The monoisotopic (exact) mass is 316 g/mol. The molecule has 1 saturated heterocycles. The molecule has 20 heavy (non-hydrogen) atoms. The molecule has 7 heteroatoms. The first-order valence-electron chi connectivity index (χ1n) is 7.00. The number of nitrogens with zero attached hydrogens (tertiary/aromatic N) is 2. The lowest BCUT2D eigenvalue weighted by Gasteiger charge is -2.34. The zero-order valence-electron chi connectivity index (χ0n) is 11.3. The Kier molecular flexibility index (Phi) is 4.14. The molecule has 1 N–H and O–H groups in total. The van der Waals surface area contributed by atoms with Gasteiger partial charge in [-0.1, -0.05) is 6.07 Å². The van der Waals surface area contributed by atoms with E-state index >= 15 is 0 Å². The lowest BCUT2D eigenvalue weighted by molar-refractivity contribution is 0.0942. The molecule has 0 radical (unpaired) electrons. The fourth-order valence-corrected chi connectivity index (χ4v) is 5.09. The Hall–Kier alpha value is -0.470. The molecule has 1 aromatic heterocycles. The molecule has 2 heterocycles. The number of hydrogen-bond acceptors (Lipinski definition) is 5. The molecule has 1 saturated carbocycles. The zero-order chi connectivity index (χ0) is 14.2. The number of aliphatic hydroxyl groups is 1. The van der Waals surface area contributed by atoms with Crippen molar-refractivity contribution in [2.24, 2.45) is 0 Å². The van der Waals surface area contributed by atoms with E-state index in [2.05, 4.69) is 4.90 Å². The zero-order valence-corrected chi connectivity index (χ0v) is 12.9. The highest BCUT2D eigenvalue weighted by atomic mass is 32.2. The predicted octanol–water partition coefficient (Wildman–Crippen LogP) is 0.891. The summed E-state index contributed by atoms with van der Waals surface area (Å²) in [6.07, 6.45) is 1.17. The maximum absolute atomic E-state index is 12.1. The fraction of sp³-hybridized carbons (Fsp3) is 0.692. The molecule has 3 rings (SSSR count). The van der Waals surface area contributed by atoms with E-state index in [1.54, 1.807) is 15.6 Å². The van der Waals surface area contributed by atoms with Crippen LogP contribution in [0, 0.1) is 0 Å². The van der Waals surface area contributed by atoms with Gasteiger partial charge in [0.2, 0.25) is 10.0 Å². The fourth-order valence-electron chi connectivity index (χ4n) is 2.56. The van der Waals surface area contributed by atoms with Crippen molar-refractivity contribution < 1.29 is 13.5 Å². The van der Waals surface area contributed by atoms with Gasteiger partial charge in [0.05, 0.1) is 5.25 Å². The van der Waals surface area contributed by atoms with E-state index in [1.165, 1.54) is 0 Å². The number of thiophene rings is 1. The van der Waals surface area contributed by atoms with Gasteiger partial charge < -0.3 is 5.11 Å². The normalized spacial score (nSPS) is 23.9. The largest absolute Gasteiger partial charge is 0.386 e. The van der Waals surface area contributed by atoms with Crippen LogP contribution in [0.4, 0.5) is 0 Å². The van der Waals surface area contributed by atoms with Gasteiger partial charge >= 0.3 is 0 Å². The molecule has 5 nitrogen and oxygen atoms in total. The third-order valence-electron chi connectivity index (χ3n) is 3.94. The third-order valence-corrected chi connectivity index (χ3v) is 7.31. The van der Waals surface area contributed by atoms with E-state index in [0.717, 1.165) is 17.7 Å². The van der Waals surface area contributed by atoms with Crippen molar-refractivity contribution in [3.63, 3.8) is 0 Å². The van der Waals surface area contributed by atoms with Crippen LogP contribution in [0.5, 0.6) is 0 Å². The molecule has 1 unspecified atom stereocenters. The van der Waals surface area contributed by atoms with Crippen LogP contribution in [0.15, 0.2) is 17.5 Å². The number of aliphatic hydroxyl groups excluding tert-OH is 1. The maximum atomic E-state index is 12.1. The molecule has 1 aliphatic heterocycles. The van der Waals surface area contributed by atoms with E-state index in [0.29, 0.717) is 32.7 Å². The van der Waals surface area contributed by atoms with Gasteiger partial charge in [0, 0.05) is 37.6 Å². The average Bonchev–Trinajstić information content (AvgIpc) is 3.16. The summed E-state index contributed by atoms with van der Waals surface area (Å²) in [5.74, 6) is 0. The van der Waals surface area contributed by atoms with Gasteiger partial charge in [-0.3, -0.25) is 4.90 Å². The summed E-state index contributed by atoms with van der Waals surface area (Å²) < 4.78 is 25.9. The first-order valence-corrected chi connectivity index (χ1v) is 9.38. The maximum Gasteiger partial charge on any atom is 0.217 e. The molecule has 0 amide bonds. The number of β-amino-alcohol motifs (C(OH)–C–C–N with tert-alkyl or cyclic N) is 1. The summed E-state index contributed by atoms with van der Waals surface area (Å²) in [6, 6.07) is 3.87. The summed E-state index contributed by atoms with van der Waals surface area (Å²) in [5, 5.41) is 12.0. The Morgan fingerprint density at radius 2 is 2.00 bits per heavy atom. The van der Waals surface area contributed by atoms with Crippen molar-refractivity contribution in [2.45, 2.75) is 24.2 Å². The molecule has 112 valence electrons. The van der Waals surface area contributed by atoms with Crippen molar-refractivity contribution in [2.75, 3.05) is 32.7 Å². The second kappa shape index (κ2) is 5.73. The Bertz CT molecular complexity index is 532. The molecule has 1 aliphatic carbocycles. The van der Waals surface area contributed by atoms with Gasteiger partial charge in [-0.15, -0.1) is 11.3 Å². The Balaban J connectivity index is 1.51. The molecule has 2 fully saturated rings. The van der Waals surface area contributed by atoms with E-state index in [1.807, 2.05) is 17.5 Å². The topological polar surface area (TPSA) is 60.9 Å². The van der Waals surface area contributed by atoms with Crippen LogP contribution in [-0.2, 0) is 10.0 Å². The second-order valence-corrected chi connectivity index (χ2v) is 8.67. The standard InChI is InChI=1S/C13H20N2O3S2/c16-12(13-2-1-9-19-13)10-14-5-7-15(8-6-14)20(17,18)11-3-4-11/h1-2,9,11-12,16H,3-8,10H2. The number of piperazine rings is 1. The Morgan fingerprint density at radius 1 is 1.30 bits per heavy atom. The summed E-state index contributed by atoms with van der Waals surface area (Å²) in [7, 11) is -3.04. The first kappa shape index (κ1) is 14.5. The van der Waals surface area contributed by atoms with E-state index in [-0.39, 0.29) is 5.25 Å². The highest BCUT2D eigenvalue weighted by Gasteiger charge is 2.41. The third kappa shape index (κ3) is 3.07. The van der Waals surface area contributed by atoms with Crippen molar-refractivity contribution in [3.8, 4) is 0 Å².